The number of halogens is 2. The summed E-state index contributed by atoms with van der Waals surface area (Å²) in [7, 11) is 1.51. The molecule has 3 aromatic rings. The van der Waals surface area contributed by atoms with E-state index in [4.69, 9.17) is 30.5 Å². The summed E-state index contributed by atoms with van der Waals surface area (Å²) in [5.74, 6) is 0.939. The molecule has 9 nitrogen and oxygen atoms in total. The maximum Gasteiger partial charge on any atom is 0.294 e. The van der Waals surface area contributed by atoms with Gasteiger partial charge in [0.25, 0.3) is 11.1 Å². The SMILES string of the molecule is COc1cc(/C=C2/SC(=O)N(CC(=O)Nc3ccc4c(c3)OCCO4)C2=O)cc(Br)c1OCc1ccc(Cl)cc1. The van der Waals surface area contributed by atoms with Crippen molar-refractivity contribution in [2.24, 2.45) is 0 Å². The van der Waals surface area contributed by atoms with Gasteiger partial charge in [-0.25, -0.2) is 0 Å². The molecule has 0 saturated carbocycles. The Morgan fingerprint density at radius 1 is 1.10 bits per heavy atom. The second-order valence-electron chi connectivity index (χ2n) is 8.62. The van der Waals surface area contributed by atoms with Crippen LogP contribution in [0.5, 0.6) is 23.0 Å². The lowest BCUT2D eigenvalue weighted by Gasteiger charge is -2.19. The Hall–Kier alpha value is -3.67. The van der Waals surface area contributed by atoms with Crippen molar-refractivity contribution in [1.29, 1.82) is 0 Å². The highest BCUT2D eigenvalue weighted by molar-refractivity contribution is 9.10. The monoisotopic (exact) mass is 644 g/mol. The smallest absolute Gasteiger partial charge is 0.294 e. The number of amides is 3. The van der Waals surface area contributed by atoms with Crippen molar-refractivity contribution in [2.75, 3.05) is 32.2 Å². The van der Waals surface area contributed by atoms with Crippen molar-refractivity contribution in [1.82, 2.24) is 4.90 Å². The second kappa shape index (κ2) is 12.2. The van der Waals surface area contributed by atoms with E-state index in [1.165, 1.54) is 7.11 Å². The number of nitrogens with zero attached hydrogens (tertiary/aromatic N) is 1. The Kier molecular flexibility index (Phi) is 8.53. The molecule has 2 aliphatic rings. The number of nitrogens with one attached hydrogen (secondary N) is 1. The van der Waals surface area contributed by atoms with Crippen molar-refractivity contribution in [3.63, 3.8) is 0 Å². The van der Waals surface area contributed by atoms with E-state index in [0.29, 0.717) is 63.6 Å². The third kappa shape index (κ3) is 6.38. The molecule has 3 aromatic carbocycles. The standard InChI is InChI=1S/C28H22BrClN2O7S/c1-36-23-11-17(10-20(29)26(23)39-15-16-2-4-18(30)5-3-16)12-24-27(34)32(28(35)40-24)14-25(33)31-19-6-7-21-22(13-19)38-9-8-37-21/h2-7,10-13H,8-9,14-15H2,1H3,(H,31,33)/b24-12+. The highest BCUT2D eigenvalue weighted by Gasteiger charge is 2.36. The number of carbonyl (C=O) groups excluding carboxylic acids is 3. The van der Waals surface area contributed by atoms with Crippen molar-refractivity contribution < 1.29 is 33.3 Å². The minimum Gasteiger partial charge on any atom is -0.493 e. The van der Waals surface area contributed by atoms with Crippen molar-refractivity contribution >= 4 is 68.1 Å². The summed E-state index contributed by atoms with van der Waals surface area (Å²) in [6.07, 6.45) is 1.57. The van der Waals surface area contributed by atoms with Crippen LogP contribution in [0.1, 0.15) is 11.1 Å². The average molecular weight is 646 g/mol. The van der Waals surface area contributed by atoms with Gasteiger partial charge in [-0.05, 0) is 81.3 Å². The fraction of sp³-hybridized carbons (Fsp3) is 0.179. The zero-order valence-electron chi connectivity index (χ0n) is 21.1. The van der Waals surface area contributed by atoms with Crippen LogP contribution in [0.2, 0.25) is 5.02 Å². The third-order valence-corrected chi connectivity index (χ3v) is 7.60. The Bertz CT molecular complexity index is 1510. The van der Waals surface area contributed by atoms with Gasteiger partial charge in [-0.2, -0.15) is 0 Å². The summed E-state index contributed by atoms with van der Waals surface area (Å²) in [6, 6.07) is 15.7. The first-order valence-corrected chi connectivity index (χ1v) is 14.0. The summed E-state index contributed by atoms with van der Waals surface area (Å²) < 4.78 is 23.1. The Morgan fingerprint density at radius 2 is 1.85 bits per heavy atom. The van der Waals surface area contributed by atoms with Gasteiger partial charge in [-0.15, -0.1) is 0 Å². The van der Waals surface area contributed by atoms with E-state index in [0.717, 1.165) is 22.2 Å². The molecule has 0 aliphatic carbocycles. The first kappa shape index (κ1) is 27.9. The number of anilines is 1. The molecule has 2 aliphatic heterocycles. The predicted molar refractivity (Wildman–Crippen MR) is 155 cm³/mol. The van der Waals surface area contributed by atoms with Crippen LogP contribution in [-0.2, 0) is 16.2 Å². The number of imide groups is 1. The number of ether oxygens (including phenoxy) is 4. The van der Waals surface area contributed by atoms with E-state index in [1.54, 1.807) is 48.5 Å². The van der Waals surface area contributed by atoms with Crippen LogP contribution in [0.3, 0.4) is 0 Å². The summed E-state index contributed by atoms with van der Waals surface area (Å²) in [5.41, 5.74) is 2.00. The molecule has 0 unspecified atom stereocenters. The molecule has 0 spiro atoms. The molecule has 1 N–H and O–H groups in total. The Labute approximate surface area is 247 Å². The molecule has 0 radical (unpaired) electrons. The molecular weight excluding hydrogens is 624 g/mol. The van der Waals surface area contributed by atoms with Gasteiger partial charge < -0.3 is 24.3 Å². The lowest BCUT2D eigenvalue weighted by atomic mass is 10.1. The molecule has 1 saturated heterocycles. The molecule has 0 aromatic heterocycles. The summed E-state index contributed by atoms with van der Waals surface area (Å²) in [6.45, 7) is 0.728. The number of hydrogen-bond donors (Lipinski definition) is 1. The normalized spacial score (nSPS) is 15.4. The van der Waals surface area contributed by atoms with Gasteiger partial charge in [0.15, 0.2) is 23.0 Å². The van der Waals surface area contributed by atoms with Crippen molar-refractivity contribution in [3.8, 4) is 23.0 Å². The number of methoxy groups -OCH3 is 1. The van der Waals surface area contributed by atoms with Crippen LogP contribution in [0.25, 0.3) is 6.08 Å². The Morgan fingerprint density at radius 3 is 2.60 bits per heavy atom. The van der Waals surface area contributed by atoms with Crippen LogP contribution in [-0.4, -0.2) is 48.8 Å². The van der Waals surface area contributed by atoms with Crippen LogP contribution in [0.15, 0.2) is 64.0 Å². The molecule has 12 heteroatoms. The number of thioether (sulfide) groups is 1. The van der Waals surface area contributed by atoms with E-state index in [1.807, 2.05) is 12.1 Å². The maximum atomic E-state index is 13.0. The molecule has 2 heterocycles. The van der Waals surface area contributed by atoms with E-state index >= 15 is 0 Å². The fourth-order valence-corrected chi connectivity index (χ4v) is 5.49. The number of rotatable bonds is 8. The second-order valence-corrected chi connectivity index (χ2v) is 10.9. The van der Waals surface area contributed by atoms with E-state index < -0.39 is 23.6 Å². The highest BCUT2D eigenvalue weighted by atomic mass is 79.9. The number of benzene rings is 3. The van der Waals surface area contributed by atoms with Gasteiger partial charge in [0.2, 0.25) is 5.91 Å². The molecule has 0 bridgehead atoms. The minimum absolute atomic E-state index is 0.181. The summed E-state index contributed by atoms with van der Waals surface area (Å²) in [5, 5.41) is 2.78. The van der Waals surface area contributed by atoms with Gasteiger partial charge >= 0.3 is 0 Å². The quantitative estimate of drug-likeness (QED) is 0.292. The van der Waals surface area contributed by atoms with Crippen LogP contribution in [0.4, 0.5) is 10.5 Å². The fourth-order valence-electron chi connectivity index (χ4n) is 3.95. The maximum absolute atomic E-state index is 13.0. The largest absolute Gasteiger partial charge is 0.493 e. The summed E-state index contributed by atoms with van der Waals surface area (Å²) in [4.78, 5) is 39.3. The molecule has 206 valence electrons. The first-order chi connectivity index (χ1) is 19.3. The first-order valence-electron chi connectivity index (χ1n) is 12.0. The van der Waals surface area contributed by atoms with Crippen molar-refractivity contribution in [3.05, 3.63) is 80.1 Å². The third-order valence-electron chi connectivity index (χ3n) is 5.85. The number of hydrogen-bond acceptors (Lipinski definition) is 8. The van der Waals surface area contributed by atoms with Gasteiger partial charge in [0.1, 0.15) is 26.4 Å². The molecule has 1 fully saturated rings. The average Bonchev–Trinajstić information content (AvgIpc) is 3.20. The molecular formula is C28H22BrClN2O7S. The summed E-state index contributed by atoms with van der Waals surface area (Å²) >= 11 is 10.2. The predicted octanol–water partition coefficient (Wildman–Crippen LogP) is 6.14. The highest BCUT2D eigenvalue weighted by Crippen LogP contribution is 2.39. The van der Waals surface area contributed by atoms with Gasteiger partial charge in [-0.3, -0.25) is 19.3 Å². The molecule has 40 heavy (non-hydrogen) atoms. The van der Waals surface area contributed by atoms with Crippen LogP contribution >= 0.6 is 39.3 Å². The lowest BCUT2D eigenvalue weighted by molar-refractivity contribution is -0.127. The van der Waals surface area contributed by atoms with E-state index in [9.17, 15) is 14.4 Å². The van der Waals surface area contributed by atoms with Crippen LogP contribution < -0.4 is 24.3 Å². The minimum atomic E-state index is -0.564. The molecule has 5 rings (SSSR count). The van der Waals surface area contributed by atoms with Gasteiger partial charge in [0, 0.05) is 16.8 Å². The van der Waals surface area contributed by atoms with Gasteiger partial charge in [-0.1, -0.05) is 23.7 Å². The van der Waals surface area contributed by atoms with Gasteiger partial charge in [0.05, 0.1) is 16.5 Å². The topological polar surface area (TPSA) is 103 Å². The van der Waals surface area contributed by atoms with Crippen LogP contribution in [0, 0.1) is 0 Å². The zero-order chi connectivity index (χ0) is 28.2. The molecule has 0 atom stereocenters. The molecule has 3 amide bonds. The Balaban J connectivity index is 1.26. The lowest BCUT2D eigenvalue weighted by Crippen LogP contribution is -2.36. The number of carbonyl (C=O) groups is 3. The van der Waals surface area contributed by atoms with E-state index in [-0.39, 0.29) is 4.91 Å². The van der Waals surface area contributed by atoms with Crippen molar-refractivity contribution in [2.45, 2.75) is 6.61 Å². The zero-order valence-corrected chi connectivity index (χ0v) is 24.2. The number of fused-ring (bicyclic) bond motifs is 1. The van der Waals surface area contributed by atoms with E-state index in [2.05, 4.69) is 21.2 Å².